The number of hydrogen-bond acceptors (Lipinski definition) is 2. The van der Waals surface area contributed by atoms with Crippen LogP contribution in [0.25, 0.3) is 0 Å². The van der Waals surface area contributed by atoms with Crippen LogP contribution in [0.1, 0.15) is 13.8 Å². The molecule has 0 saturated heterocycles. The topological polar surface area (TPSA) is 40.5 Å². The van der Waals surface area contributed by atoms with Crippen molar-refractivity contribution in [1.29, 1.82) is 0 Å². The number of aliphatic hydroxyl groups is 2. The van der Waals surface area contributed by atoms with E-state index in [9.17, 15) is 10.2 Å². The monoisotopic (exact) mass is 154 g/mol. The Bertz CT molecular complexity index is 172. The predicted molar refractivity (Wildman–Crippen MR) is 44.1 cm³/mol. The van der Waals surface area contributed by atoms with E-state index in [1.54, 1.807) is 24.3 Å². The minimum absolute atomic E-state index is 0.483. The molecule has 0 aliphatic heterocycles. The molecule has 11 heavy (non-hydrogen) atoms. The average Bonchev–Trinajstić information content (AvgIpc) is 2.03. The van der Waals surface area contributed by atoms with Gasteiger partial charge >= 0.3 is 0 Å². The normalized spacial score (nSPS) is 35.3. The van der Waals surface area contributed by atoms with Gasteiger partial charge in [-0.2, -0.15) is 0 Å². The van der Waals surface area contributed by atoms with E-state index in [-0.39, 0.29) is 0 Å². The molecule has 0 spiro atoms. The quantitative estimate of drug-likeness (QED) is 0.543. The van der Waals surface area contributed by atoms with Gasteiger partial charge in [0.2, 0.25) is 0 Å². The SMILES string of the molecule is CC1(C)C(O)C=CC=CC1O. The van der Waals surface area contributed by atoms with Crippen LogP contribution in [0.2, 0.25) is 0 Å². The largest absolute Gasteiger partial charge is 0.388 e. The van der Waals surface area contributed by atoms with Crippen LogP contribution in [-0.4, -0.2) is 22.4 Å². The molecular formula is C9H14O2. The molecule has 0 saturated carbocycles. The van der Waals surface area contributed by atoms with Crippen molar-refractivity contribution in [3.05, 3.63) is 24.3 Å². The number of rotatable bonds is 0. The number of allylic oxidation sites excluding steroid dienone is 2. The Morgan fingerprint density at radius 3 is 1.73 bits per heavy atom. The molecule has 2 heteroatoms. The van der Waals surface area contributed by atoms with E-state index in [4.69, 9.17) is 0 Å². The second kappa shape index (κ2) is 2.80. The minimum atomic E-state index is -0.576. The van der Waals surface area contributed by atoms with Crippen molar-refractivity contribution < 1.29 is 10.2 Å². The zero-order valence-corrected chi connectivity index (χ0v) is 6.86. The standard InChI is InChI=1S/C9H14O2/c1-9(2)7(10)5-3-4-6-8(9)11/h3-8,10-11H,1-2H3. The van der Waals surface area contributed by atoms with Gasteiger partial charge in [-0.15, -0.1) is 0 Å². The summed E-state index contributed by atoms with van der Waals surface area (Å²) in [5.74, 6) is 0. The summed E-state index contributed by atoms with van der Waals surface area (Å²) in [5, 5.41) is 19.0. The first-order chi connectivity index (χ1) is 5.05. The molecule has 0 amide bonds. The van der Waals surface area contributed by atoms with Crippen molar-refractivity contribution in [2.45, 2.75) is 26.1 Å². The van der Waals surface area contributed by atoms with Crippen LogP contribution >= 0.6 is 0 Å². The Hall–Kier alpha value is -0.600. The highest BCUT2D eigenvalue weighted by Crippen LogP contribution is 2.28. The maximum atomic E-state index is 9.50. The van der Waals surface area contributed by atoms with Gasteiger partial charge < -0.3 is 10.2 Å². The van der Waals surface area contributed by atoms with E-state index >= 15 is 0 Å². The Balaban J connectivity index is 2.89. The average molecular weight is 154 g/mol. The van der Waals surface area contributed by atoms with E-state index in [0.29, 0.717) is 0 Å². The van der Waals surface area contributed by atoms with Gasteiger partial charge in [0.25, 0.3) is 0 Å². The van der Waals surface area contributed by atoms with Gasteiger partial charge in [0.05, 0.1) is 12.2 Å². The third-order valence-corrected chi connectivity index (χ3v) is 2.22. The van der Waals surface area contributed by atoms with Gasteiger partial charge in [-0.3, -0.25) is 0 Å². The van der Waals surface area contributed by atoms with Gasteiger partial charge in [0.15, 0.2) is 0 Å². The van der Waals surface area contributed by atoms with E-state index < -0.39 is 17.6 Å². The lowest BCUT2D eigenvalue weighted by molar-refractivity contribution is 0.000840. The Morgan fingerprint density at radius 1 is 1.00 bits per heavy atom. The number of hydrogen-bond donors (Lipinski definition) is 2. The molecule has 0 heterocycles. The van der Waals surface area contributed by atoms with E-state index in [2.05, 4.69) is 0 Å². The molecule has 62 valence electrons. The van der Waals surface area contributed by atoms with Crippen molar-refractivity contribution in [2.75, 3.05) is 0 Å². The summed E-state index contributed by atoms with van der Waals surface area (Å²) in [6.45, 7) is 3.67. The molecule has 2 nitrogen and oxygen atoms in total. The molecule has 0 aromatic carbocycles. The molecule has 2 N–H and O–H groups in total. The lowest BCUT2D eigenvalue weighted by Gasteiger charge is -2.30. The van der Waals surface area contributed by atoms with Crippen molar-refractivity contribution in [3.63, 3.8) is 0 Å². The Kier molecular flexibility index (Phi) is 2.16. The zero-order valence-electron chi connectivity index (χ0n) is 6.86. The van der Waals surface area contributed by atoms with Crippen molar-refractivity contribution in [3.8, 4) is 0 Å². The van der Waals surface area contributed by atoms with Crippen molar-refractivity contribution in [2.24, 2.45) is 5.41 Å². The molecule has 1 rings (SSSR count). The molecule has 1 aliphatic carbocycles. The van der Waals surface area contributed by atoms with E-state index in [0.717, 1.165) is 0 Å². The Labute approximate surface area is 66.9 Å². The van der Waals surface area contributed by atoms with Crippen LogP contribution in [0.5, 0.6) is 0 Å². The second-order valence-corrected chi connectivity index (χ2v) is 3.48. The number of aliphatic hydroxyl groups excluding tert-OH is 2. The van der Waals surface area contributed by atoms with Gasteiger partial charge in [-0.05, 0) is 0 Å². The molecule has 0 aromatic rings. The third kappa shape index (κ3) is 1.52. The second-order valence-electron chi connectivity index (χ2n) is 3.48. The molecule has 0 radical (unpaired) electrons. The first-order valence-electron chi connectivity index (χ1n) is 3.76. The first-order valence-corrected chi connectivity index (χ1v) is 3.76. The van der Waals surface area contributed by atoms with Crippen LogP contribution in [-0.2, 0) is 0 Å². The van der Waals surface area contributed by atoms with Gasteiger partial charge in [0.1, 0.15) is 0 Å². The van der Waals surface area contributed by atoms with E-state index in [1.165, 1.54) is 0 Å². The molecule has 0 fully saturated rings. The molecule has 1 aliphatic rings. The van der Waals surface area contributed by atoms with Crippen molar-refractivity contribution >= 4 is 0 Å². The van der Waals surface area contributed by atoms with Crippen LogP contribution in [0.15, 0.2) is 24.3 Å². The summed E-state index contributed by atoms with van der Waals surface area (Å²) in [5.41, 5.74) is -0.483. The van der Waals surface area contributed by atoms with Gasteiger partial charge in [0, 0.05) is 5.41 Å². The molecule has 0 aromatic heterocycles. The Morgan fingerprint density at radius 2 is 1.36 bits per heavy atom. The zero-order chi connectivity index (χ0) is 8.48. The van der Waals surface area contributed by atoms with E-state index in [1.807, 2.05) is 13.8 Å². The molecule has 0 bridgehead atoms. The summed E-state index contributed by atoms with van der Waals surface area (Å²) in [4.78, 5) is 0. The highest BCUT2D eigenvalue weighted by molar-refractivity contribution is 5.16. The lowest BCUT2D eigenvalue weighted by atomic mass is 9.81. The molecular weight excluding hydrogens is 140 g/mol. The van der Waals surface area contributed by atoms with Crippen LogP contribution in [0.3, 0.4) is 0 Å². The fourth-order valence-electron chi connectivity index (χ4n) is 1.01. The fourth-order valence-corrected chi connectivity index (χ4v) is 1.01. The predicted octanol–water partition coefficient (Wildman–Crippen LogP) is 0.860. The highest BCUT2D eigenvalue weighted by Gasteiger charge is 2.33. The molecule has 2 atom stereocenters. The van der Waals surface area contributed by atoms with Crippen molar-refractivity contribution in [1.82, 2.24) is 0 Å². The van der Waals surface area contributed by atoms with Crippen LogP contribution in [0, 0.1) is 5.41 Å². The van der Waals surface area contributed by atoms with Gasteiger partial charge in [-0.1, -0.05) is 38.2 Å². The highest BCUT2D eigenvalue weighted by atomic mass is 16.3. The summed E-state index contributed by atoms with van der Waals surface area (Å²) >= 11 is 0. The summed E-state index contributed by atoms with van der Waals surface area (Å²) in [6, 6.07) is 0. The van der Waals surface area contributed by atoms with Gasteiger partial charge in [-0.25, -0.2) is 0 Å². The van der Waals surface area contributed by atoms with Crippen LogP contribution in [0.4, 0.5) is 0 Å². The van der Waals surface area contributed by atoms with Crippen LogP contribution < -0.4 is 0 Å². The third-order valence-electron chi connectivity index (χ3n) is 2.22. The maximum absolute atomic E-state index is 9.50. The maximum Gasteiger partial charge on any atom is 0.0802 e. The molecule has 2 unspecified atom stereocenters. The first kappa shape index (κ1) is 8.50. The minimum Gasteiger partial charge on any atom is -0.388 e. The smallest absolute Gasteiger partial charge is 0.0802 e. The lowest BCUT2D eigenvalue weighted by Crippen LogP contribution is -2.37. The fraction of sp³-hybridized carbons (Fsp3) is 0.556. The summed E-state index contributed by atoms with van der Waals surface area (Å²) in [6.07, 6.45) is 5.73. The summed E-state index contributed by atoms with van der Waals surface area (Å²) in [7, 11) is 0. The summed E-state index contributed by atoms with van der Waals surface area (Å²) < 4.78 is 0.